The lowest BCUT2D eigenvalue weighted by molar-refractivity contribution is -0.157. The number of hydrogen-bond donors (Lipinski definition) is 0. The molecule has 52 heavy (non-hydrogen) atoms. The number of azide groups is 1. The maximum Gasteiger partial charge on any atom is 0.308 e. The monoisotopic (exact) mass is 746 g/mol. The normalized spacial score (nSPS) is 12.5. The van der Waals surface area contributed by atoms with Crippen LogP contribution in [0.4, 0.5) is 0 Å². The molecule has 0 N–H and O–H groups in total. The van der Waals surface area contributed by atoms with Crippen LogP contribution in [0.15, 0.2) is 5.11 Å². The van der Waals surface area contributed by atoms with E-state index in [0.717, 1.165) is 0 Å². The molecule has 0 aromatic heterocycles. The second-order valence-corrected chi connectivity index (χ2v) is 16.1. The van der Waals surface area contributed by atoms with Crippen molar-refractivity contribution in [2.24, 2.45) is 5.11 Å². The van der Waals surface area contributed by atoms with Crippen molar-refractivity contribution < 1.29 is 57.1 Å². The first-order chi connectivity index (χ1) is 23.9. The molecule has 0 aromatic rings. The molecule has 0 radical (unpaired) electrons. The number of ether oxygens (including phenoxy) is 8. The summed E-state index contributed by atoms with van der Waals surface area (Å²) in [5, 5.41) is 3.72. The van der Waals surface area contributed by atoms with E-state index in [2.05, 4.69) is 10.0 Å². The van der Waals surface area contributed by atoms with E-state index in [4.69, 9.17) is 43.4 Å². The molecule has 0 bridgehead atoms. The summed E-state index contributed by atoms with van der Waals surface area (Å²) in [4.78, 5) is 54.1. The zero-order valence-corrected chi connectivity index (χ0v) is 33.7. The van der Waals surface area contributed by atoms with Crippen molar-refractivity contribution in [2.75, 3.05) is 65.9 Å². The standard InChI is InChI=1S/C36H66N4O12/c1-33(2,3)49-29(41)13-19-45-23-27(24-46-20-14-30(42)50-34(4,5)6)40(18-17-38-39-37)28(25-47-21-15-31(43)51-35(7,8)9)26-48-22-16-32(44)52-36(10,11)12/h27-28H,13-26H2,1-12H3. The van der Waals surface area contributed by atoms with Crippen molar-refractivity contribution in [3.63, 3.8) is 0 Å². The van der Waals surface area contributed by atoms with Crippen LogP contribution in [0.5, 0.6) is 0 Å². The summed E-state index contributed by atoms with van der Waals surface area (Å²) in [6.07, 6.45) is 0.0841. The van der Waals surface area contributed by atoms with Gasteiger partial charge in [0.05, 0.1) is 90.6 Å². The van der Waals surface area contributed by atoms with Gasteiger partial charge in [0.2, 0.25) is 0 Å². The Morgan fingerprint density at radius 3 is 0.981 bits per heavy atom. The zero-order chi connectivity index (χ0) is 40.0. The Labute approximate surface area is 310 Å². The summed E-state index contributed by atoms with van der Waals surface area (Å²) in [5.74, 6) is -1.64. The smallest absolute Gasteiger partial charge is 0.308 e. The van der Waals surface area contributed by atoms with Crippen LogP contribution in [0.1, 0.15) is 109 Å². The highest BCUT2D eigenvalue weighted by atomic mass is 16.6. The second-order valence-electron chi connectivity index (χ2n) is 16.1. The van der Waals surface area contributed by atoms with Crippen LogP contribution in [-0.2, 0) is 57.1 Å². The molecular formula is C36H66N4O12. The van der Waals surface area contributed by atoms with Gasteiger partial charge in [0.15, 0.2) is 0 Å². The van der Waals surface area contributed by atoms with Gasteiger partial charge in [-0.3, -0.25) is 24.1 Å². The molecule has 0 unspecified atom stereocenters. The fourth-order valence-corrected chi connectivity index (χ4v) is 4.42. The quantitative estimate of drug-likeness (QED) is 0.0291. The Bertz CT molecular complexity index is 968. The number of hydrogen-bond acceptors (Lipinski definition) is 14. The predicted octanol–water partition coefficient (Wildman–Crippen LogP) is 5.33. The van der Waals surface area contributed by atoms with Crippen LogP contribution in [0.3, 0.4) is 0 Å². The first-order valence-electron chi connectivity index (χ1n) is 17.9. The van der Waals surface area contributed by atoms with Crippen molar-refractivity contribution in [1.29, 1.82) is 0 Å². The van der Waals surface area contributed by atoms with Crippen molar-refractivity contribution in [2.45, 2.75) is 143 Å². The third kappa shape index (κ3) is 29.6. The molecule has 0 spiro atoms. The van der Waals surface area contributed by atoms with E-state index in [1.54, 1.807) is 83.1 Å². The molecule has 0 aromatic carbocycles. The minimum Gasteiger partial charge on any atom is -0.460 e. The lowest BCUT2D eigenvalue weighted by Crippen LogP contribution is -2.53. The van der Waals surface area contributed by atoms with Crippen LogP contribution in [0, 0.1) is 0 Å². The van der Waals surface area contributed by atoms with Gasteiger partial charge in [0.25, 0.3) is 0 Å². The van der Waals surface area contributed by atoms with E-state index < -0.39 is 58.4 Å². The zero-order valence-electron chi connectivity index (χ0n) is 33.7. The van der Waals surface area contributed by atoms with Gasteiger partial charge in [-0.05, 0) is 88.6 Å². The van der Waals surface area contributed by atoms with E-state index in [9.17, 15) is 19.2 Å². The van der Waals surface area contributed by atoms with E-state index in [0.29, 0.717) is 0 Å². The van der Waals surface area contributed by atoms with Gasteiger partial charge in [-0.1, -0.05) is 5.11 Å². The van der Waals surface area contributed by atoms with Crippen molar-refractivity contribution in [3.8, 4) is 0 Å². The Morgan fingerprint density at radius 2 is 0.769 bits per heavy atom. The summed E-state index contributed by atoms with van der Waals surface area (Å²) in [6, 6.07) is -1.000. The molecule has 0 aliphatic heterocycles. The maximum atomic E-state index is 12.3. The summed E-state index contributed by atoms with van der Waals surface area (Å²) in [7, 11) is 0. The topological polar surface area (TPSA) is 194 Å². The fraction of sp³-hybridized carbons (Fsp3) is 0.889. The molecule has 0 aliphatic rings. The first-order valence-corrected chi connectivity index (χ1v) is 17.9. The third-order valence-corrected chi connectivity index (χ3v) is 6.18. The highest BCUT2D eigenvalue weighted by molar-refractivity contribution is 5.71. The van der Waals surface area contributed by atoms with E-state index in [1.807, 2.05) is 4.90 Å². The molecule has 0 fully saturated rings. The van der Waals surface area contributed by atoms with Crippen LogP contribution >= 0.6 is 0 Å². The van der Waals surface area contributed by atoms with Crippen LogP contribution < -0.4 is 0 Å². The van der Waals surface area contributed by atoms with E-state index in [-0.39, 0.29) is 91.6 Å². The Kier molecular flexibility index (Phi) is 22.9. The van der Waals surface area contributed by atoms with Gasteiger partial charge in [-0.2, -0.15) is 0 Å². The molecule has 0 atom stereocenters. The molecule has 16 heteroatoms. The Hall–Kier alpha value is -3.01. The molecule has 0 heterocycles. The molecule has 16 nitrogen and oxygen atoms in total. The van der Waals surface area contributed by atoms with Crippen LogP contribution in [0.25, 0.3) is 10.4 Å². The SMILES string of the molecule is CC(C)(C)OC(=O)CCOCC(COCCC(=O)OC(C)(C)C)N(CCN=[N+]=[N-])C(COCCC(=O)OC(C)(C)C)COCCC(=O)OC(C)(C)C. The average Bonchev–Trinajstić information content (AvgIpc) is 2.94. The molecule has 0 amide bonds. The molecular weight excluding hydrogens is 680 g/mol. The average molecular weight is 747 g/mol. The predicted molar refractivity (Wildman–Crippen MR) is 193 cm³/mol. The van der Waals surface area contributed by atoms with Gasteiger partial charge < -0.3 is 37.9 Å². The number of nitrogens with zero attached hydrogens (tertiary/aromatic N) is 4. The van der Waals surface area contributed by atoms with Gasteiger partial charge >= 0.3 is 23.9 Å². The van der Waals surface area contributed by atoms with Crippen LogP contribution in [0.2, 0.25) is 0 Å². The van der Waals surface area contributed by atoms with Gasteiger partial charge in [0.1, 0.15) is 22.4 Å². The van der Waals surface area contributed by atoms with E-state index >= 15 is 0 Å². The Morgan fingerprint density at radius 1 is 0.519 bits per heavy atom. The highest BCUT2D eigenvalue weighted by Gasteiger charge is 2.29. The summed E-state index contributed by atoms with van der Waals surface area (Å²) < 4.78 is 45.3. The van der Waals surface area contributed by atoms with Crippen molar-refractivity contribution in [1.82, 2.24) is 4.90 Å². The van der Waals surface area contributed by atoms with Crippen molar-refractivity contribution >= 4 is 23.9 Å². The molecule has 302 valence electrons. The lowest BCUT2D eigenvalue weighted by atomic mass is 10.1. The molecule has 0 aliphatic carbocycles. The Balaban J connectivity index is 6.07. The second kappa shape index (κ2) is 24.3. The molecule has 0 rings (SSSR count). The molecule has 0 saturated heterocycles. The van der Waals surface area contributed by atoms with Crippen LogP contribution in [-0.4, -0.2) is 129 Å². The molecule has 0 saturated carbocycles. The summed E-state index contributed by atoms with van der Waals surface area (Å²) in [5.41, 5.74) is 6.49. The third-order valence-electron chi connectivity index (χ3n) is 6.18. The maximum absolute atomic E-state index is 12.3. The minimum absolute atomic E-state index is 0.0210. The number of rotatable bonds is 25. The largest absolute Gasteiger partial charge is 0.460 e. The lowest BCUT2D eigenvalue weighted by Gasteiger charge is -2.37. The fourth-order valence-electron chi connectivity index (χ4n) is 4.42. The summed E-state index contributed by atoms with van der Waals surface area (Å²) in [6.45, 7) is 22.3. The number of esters is 4. The van der Waals surface area contributed by atoms with Gasteiger partial charge in [-0.25, -0.2) is 0 Å². The highest BCUT2D eigenvalue weighted by Crippen LogP contribution is 2.15. The number of carbonyl (C=O) groups is 4. The van der Waals surface area contributed by atoms with Gasteiger partial charge in [0, 0.05) is 18.0 Å². The van der Waals surface area contributed by atoms with E-state index in [1.165, 1.54) is 0 Å². The van der Waals surface area contributed by atoms with Gasteiger partial charge in [-0.15, -0.1) is 0 Å². The summed E-state index contributed by atoms with van der Waals surface area (Å²) >= 11 is 0. The minimum atomic E-state index is -0.639. The number of carbonyl (C=O) groups excluding carboxylic acids is 4. The first kappa shape index (κ1) is 49.0. The van der Waals surface area contributed by atoms with Crippen molar-refractivity contribution in [3.05, 3.63) is 10.4 Å².